The van der Waals surface area contributed by atoms with E-state index in [1.165, 1.54) is 12.3 Å². The Kier molecular flexibility index (Phi) is 5.80. The van der Waals surface area contributed by atoms with E-state index in [0.29, 0.717) is 0 Å². The van der Waals surface area contributed by atoms with E-state index in [1.54, 1.807) is 12.1 Å². The van der Waals surface area contributed by atoms with Crippen LogP contribution >= 0.6 is 0 Å². The maximum atomic E-state index is 11.6. The molecule has 19 heavy (non-hydrogen) atoms. The first-order chi connectivity index (χ1) is 8.97. The van der Waals surface area contributed by atoms with Crippen molar-refractivity contribution >= 4 is 11.7 Å². The van der Waals surface area contributed by atoms with E-state index in [2.05, 4.69) is 10.3 Å². The Morgan fingerprint density at radius 1 is 1.21 bits per heavy atom. The van der Waals surface area contributed by atoms with E-state index >= 15 is 0 Å². The molecule has 1 aromatic heterocycles. The van der Waals surface area contributed by atoms with Crippen molar-refractivity contribution in [2.24, 2.45) is 0 Å². The highest BCUT2D eigenvalue weighted by atomic mass is 16.4. The Balaban J connectivity index is 2.61. The van der Waals surface area contributed by atoms with Crippen LogP contribution in [0.25, 0.3) is 0 Å². The van der Waals surface area contributed by atoms with Crippen molar-refractivity contribution in [1.82, 2.24) is 4.98 Å². The molecule has 1 amide bonds. The fourth-order valence-electron chi connectivity index (χ4n) is 1.31. The van der Waals surface area contributed by atoms with Gasteiger partial charge in [0, 0.05) is 6.20 Å². The van der Waals surface area contributed by atoms with Gasteiger partial charge < -0.3 is 30.8 Å². The summed E-state index contributed by atoms with van der Waals surface area (Å²) in [6.45, 7) is -0.813. The molecule has 0 bridgehead atoms. The average Bonchev–Trinajstić information content (AvgIpc) is 2.44. The molecule has 0 saturated carbocycles. The van der Waals surface area contributed by atoms with Crippen molar-refractivity contribution in [3.05, 3.63) is 24.4 Å². The molecule has 4 atom stereocenters. The van der Waals surface area contributed by atoms with E-state index in [1.807, 2.05) is 0 Å². The predicted molar refractivity (Wildman–Crippen MR) is 64.0 cm³/mol. The van der Waals surface area contributed by atoms with Crippen molar-refractivity contribution in [1.29, 1.82) is 0 Å². The predicted octanol–water partition coefficient (Wildman–Crippen LogP) is -2.54. The molecular weight excluding hydrogens is 256 g/mol. The highest BCUT2D eigenvalue weighted by Gasteiger charge is 2.34. The summed E-state index contributed by atoms with van der Waals surface area (Å²) in [6, 6.07) is 4.70. The minimum atomic E-state index is -1.97. The van der Waals surface area contributed by atoms with Crippen LogP contribution in [0.2, 0.25) is 0 Å². The van der Waals surface area contributed by atoms with Crippen LogP contribution in [0.3, 0.4) is 0 Å². The number of rotatable bonds is 6. The normalized spacial score (nSPS) is 17.3. The molecular formula is C11H16N2O6. The molecule has 1 aromatic rings. The molecule has 0 spiro atoms. The molecule has 0 aromatic carbocycles. The monoisotopic (exact) mass is 272 g/mol. The molecule has 8 nitrogen and oxygen atoms in total. The lowest BCUT2D eigenvalue weighted by molar-refractivity contribution is -0.144. The lowest BCUT2D eigenvalue weighted by atomic mass is 10.0. The van der Waals surface area contributed by atoms with E-state index in [9.17, 15) is 20.1 Å². The summed E-state index contributed by atoms with van der Waals surface area (Å²) in [5.41, 5.74) is 0. The largest absolute Gasteiger partial charge is 0.394 e. The zero-order chi connectivity index (χ0) is 14.4. The van der Waals surface area contributed by atoms with Crippen LogP contribution in [0, 0.1) is 0 Å². The molecule has 6 N–H and O–H groups in total. The van der Waals surface area contributed by atoms with Crippen LogP contribution in [-0.2, 0) is 4.79 Å². The number of nitrogens with zero attached hydrogens (tertiary/aromatic N) is 1. The van der Waals surface area contributed by atoms with Crippen LogP contribution < -0.4 is 5.32 Å². The number of pyridine rings is 1. The summed E-state index contributed by atoms with van der Waals surface area (Å²) in [5, 5.41) is 48.3. The Morgan fingerprint density at radius 3 is 2.42 bits per heavy atom. The van der Waals surface area contributed by atoms with Crippen LogP contribution in [-0.4, -0.2) is 67.4 Å². The van der Waals surface area contributed by atoms with Gasteiger partial charge in [-0.2, -0.15) is 0 Å². The second kappa shape index (κ2) is 7.12. The van der Waals surface area contributed by atoms with Crippen molar-refractivity contribution < 1.29 is 30.3 Å². The molecule has 8 heteroatoms. The molecule has 0 radical (unpaired) electrons. The summed E-state index contributed by atoms with van der Waals surface area (Å²) < 4.78 is 0. The van der Waals surface area contributed by atoms with Gasteiger partial charge in [0.15, 0.2) is 6.10 Å². The molecule has 1 heterocycles. The summed E-state index contributed by atoms with van der Waals surface area (Å²) in [5.74, 6) is -0.827. The van der Waals surface area contributed by atoms with Gasteiger partial charge in [-0.3, -0.25) is 4.79 Å². The highest BCUT2D eigenvalue weighted by Crippen LogP contribution is 2.08. The highest BCUT2D eigenvalue weighted by molar-refractivity contribution is 5.93. The van der Waals surface area contributed by atoms with E-state index in [4.69, 9.17) is 10.2 Å². The average molecular weight is 272 g/mol. The minimum absolute atomic E-state index is 0.163. The van der Waals surface area contributed by atoms with Gasteiger partial charge in [0.05, 0.1) is 6.61 Å². The Hall–Kier alpha value is -1.58. The number of aliphatic hydroxyl groups excluding tert-OH is 5. The lowest BCUT2D eigenvalue weighted by Crippen LogP contribution is -2.50. The van der Waals surface area contributed by atoms with Gasteiger partial charge in [-0.15, -0.1) is 0 Å². The maximum absolute atomic E-state index is 11.6. The number of aliphatic hydroxyl groups is 5. The SMILES string of the molecule is O=C(Nc1ccccn1)C(O)C(O)C(O)C(O)CO. The van der Waals surface area contributed by atoms with Crippen LogP contribution in [0.5, 0.6) is 0 Å². The third kappa shape index (κ3) is 4.23. The topological polar surface area (TPSA) is 143 Å². The third-order valence-electron chi connectivity index (χ3n) is 2.44. The summed E-state index contributed by atoms with van der Waals surface area (Å²) >= 11 is 0. The zero-order valence-corrected chi connectivity index (χ0v) is 9.92. The zero-order valence-electron chi connectivity index (χ0n) is 9.92. The summed E-state index contributed by atoms with van der Waals surface area (Å²) in [7, 11) is 0. The third-order valence-corrected chi connectivity index (χ3v) is 2.44. The van der Waals surface area contributed by atoms with Crippen molar-refractivity contribution in [3.8, 4) is 0 Å². The molecule has 1 rings (SSSR count). The fraction of sp³-hybridized carbons (Fsp3) is 0.455. The van der Waals surface area contributed by atoms with Crippen LogP contribution in [0.15, 0.2) is 24.4 Å². The number of amides is 1. The number of hydrogen-bond donors (Lipinski definition) is 6. The Morgan fingerprint density at radius 2 is 1.89 bits per heavy atom. The molecule has 0 aliphatic heterocycles. The minimum Gasteiger partial charge on any atom is -0.394 e. The first kappa shape index (κ1) is 15.5. The first-order valence-corrected chi connectivity index (χ1v) is 5.52. The van der Waals surface area contributed by atoms with E-state index in [0.717, 1.165) is 0 Å². The summed E-state index contributed by atoms with van der Waals surface area (Å²) in [4.78, 5) is 15.3. The number of anilines is 1. The fourth-order valence-corrected chi connectivity index (χ4v) is 1.31. The Bertz CT molecular complexity index is 401. The Labute approximate surface area is 109 Å². The smallest absolute Gasteiger partial charge is 0.257 e. The quantitative estimate of drug-likeness (QED) is 0.335. The van der Waals surface area contributed by atoms with Crippen molar-refractivity contribution in [3.63, 3.8) is 0 Å². The van der Waals surface area contributed by atoms with Gasteiger partial charge in [0.2, 0.25) is 0 Å². The van der Waals surface area contributed by atoms with Gasteiger partial charge in [-0.1, -0.05) is 6.07 Å². The number of carbonyl (C=O) groups is 1. The lowest BCUT2D eigenvalue weighted by Gasteiger charge is -2.24. The van der Waals surface area contributed by atoms with Crippen LogP contribution in [0.4, 0.5) is 5.82 Å². The standard InChI is InChI=1S/C11H16N2O6/c14-5-6(15)8(16)9(17)10(18)11(19)13-7-3-1-2-4-12-7/h1-4,6,8-10,14-18H,5H2,(H,12,13,19). The van der Waals surface area contributed by atoms with Gasteiger partial charge in [-0.25, -0.2) is 4.98 Å². The van der Waals surface area contributed by atoms with Crippen molar-refractivity contribution in [2.75, 3.05) is 11.9 Å². The number of hydrogen-bond acceptors (Lipinski definition) is 7. The maximum Gasteiger partial charge on any atom is 0.257 e. The van der Waals surface area contributed by atoms with Gasteiger partial charge in [-0.05, 0) is 12.1 Å². The second-order valence-corrected chi connectivity index (χ2v) is 3.88. The number of aromatic nitrogens is 1. The molecule has 106 valence electrons. The number of carbonyl (C=O) groups excluding carboxylic acids is 1. The van der Waals surface area contributed by atoms with Gasteiger partial charge in [0.25, 0.3) is 5.91 Å². The number of nitrogens with one attached hydrogen (secondary N) is 1. The van der Waals surface area contributed by atoms with Crippen LogP contribution in [0.1, 0.15) is 0 Å². The molecule has 0 aliphatic rings. The molecule has 0 aliphatic carbocycles. The van der Waals surface area contributed by atoms with Gasteiger partial charge >= 0.3 is 0 Å². The first-order valence-electron chi connectivity index (χ1n) is 5.52. The summed E-state index contributed by atoms with van der Waals surface area (Å²) in [6.07, 6.45) is -6.01. The molecule has 4 unspecified atom stereocenters. The van der Waals surface area contributed by atoms with E-state index < -0.39 is 36.9 Å². The van der Waals surface area contributed by atoms with Crippen molar-refractivity contribution in [2.45, 2.75) is 24.4 Å². The van der Waals surface area contributed by atoms with Gasteiger partial charge in [0.1, 0.15) is 24.1 Å². The second-order valence-electron chi connectivity index (χ2n) is 3.88. The molecule has 0 fully saturated rings. The molecule has 0 saturated heterocycles. The van der Waals surface area contributed by atoms with E-state index in [-0.39, 0.29) is 5.82 Å².